The molecule has 2 aromatic heterocycles. The quantitative estimate of drug-likeness (QED) is 0.212. The molecule has 4 heterocycles. The first kappa shape index (κ1) is 33.6. The Morgan fingerprint density at radius 2 is 1.94 bits per heavy atom. The number of nitrogens with two attached hydrogens (primary N) is 1. The number of hydrogen-bond acceptors (Lipinski definition) is 9. The number of halogens is 6. The number of hydrogen-bond donors (Lipinski definition) is 1. The molecule has 1 saturated carbocycles. The van der Waals surface area contributed by atoms with Gasteiger partial charge in [0.15, 0.2) is 5.82 Å². The van der Waals surface area contributed by atoms with Gasteiger partial charge in [-0.25, -0.2) is 13.2 Å². The van der Waals surface area contributed by atoms with E-state index >= 15 is 4.39 Å². The SMILES string of the molecule is COc1nc(N(C)C2(CC#N)CCC2)c2cc(C(F)(F)F)c(-c3ccc(F)c4sc(N)c(C#N)c34)c(F)c2n1.FC1CC2CCCN2C1. The molecule has 2 atom stereocenters. The molecule has 0 amide bonds. The average molecular weight is 688 g/mol. The van der Waals surface area contributed by atoms with Gasteiger partial charge in [0, 0.05) is 36.0 Å². The lowest BCUT2D eigenvalue weighted by molar-refractivity contribution is -0.137. The third-order valence-electron chi connectivity index (χ3n) is 9.76. The van der Waals surface area contributed by atoms with Crippen molar-refractivity contribution in [1.82, 2.24) is 14.9 Å². The number of rotatable bonds is 5. The van der Waals surface area contributed by atoms with Crippen molar-refractivity contribution in [2.24, 2.45) is 0 Å². The maximum absolute atomic E-state index is 16.4. The Bertz CT molecular complexity index is 1970. The van der Waals surface area contributed by atoms with Gasteiger partial charge in [-0.1, -0.05) is 6.07 Å². The van der Waals surface area contributed by atoms with Gasteiger partial charge in [-0.15, -0.1) is 11.3 Å². The van der Waals surface area contributed by atoms with E-state index in [-0.39, 0.29) is 49.8 Å². The van der Waals surface area contributed by atoms with E-state index in [1.54, 1.807) is 18.0 Å². The van der Waals surface area contributed by atoms with Crippen LogP contribution in [0.4, 0.5) is 37.2 Å². The standard InChI is InChI=1S/C26H19F5N6OS.C7H12FN/c1-37(25(8-9-32)6-3-7-25)23-13-10-15(26(29,30)31)18(19(28)20(13)35-24(36-23)38-2)12-4-5-16(27)21-17(12)14(11-33)22(34)39-21;8-6-4-7-2-1-3-9(7)5-6/h4-5,10H,3,6-8,34H2,1-2H3;6-7H,1-5H2. The van der Waals surface area contributed by atoms with Gasteiger partial charge in [0.1, 0.15) is 34.4 Å². The van der Waals surface area contributed by atoms with Crippen LogP contribution in [-0.2, 0) is 6.18 Å². The smallest absolute Gasteiger partial charge is 0.417 e. The van der Waals surface area contributed by atoms with E-state index in [0.717, 1.165) is 37.6 Å². The first-order valence-electron chi connectivity index (χ1n) is 15.4. The summed E-state index contributed by atoms with van der Waals surface area (Å²) in [6.45, 7) is 1.86. The van der Waals surface area contributed by atoms with Crippen molar-refractivity contribution in [1.29, 1.82) is 10.5 Å². The zero-order chi connectivity index (χ0) is 34.5. The Morgan fingerprint density at radius 1 is 1.19 bits per heavy atom. The second-order valence-electron chi connectivity index (χ2n) is 12.4. The molecule has 252 valence electrons. The Balaban J connectivity index is 0.000000381. The first-order chi connectivity index (χ1) is 22.8. The third-order valence-corrected chi connectivity index (χ3v) is 10.8. The molecule has 1 aliphatic carbocycles. The molecule has 8 nitrogen and oxygen atoms in total. The minimum atomic E-state index is -5.06. The maximum atomic E-state index is 16.4. The molecule has 2 aliphatic heterocycles. The number of nitriles is 2. The minimum Gasteiger partial charge on any atom is -0.467 e. The van der Waals surface area contributed by atoms with Crippen LogP contribution in [0.25, 0.3) is 32.1 Å². The predicted octanol–water partition coefficient (Wildman–Crippen LogP) is 7.74. The zero-order valence-corrected chi connectivity index (χ0v) is 26.9. The highest BCUT2D eigenvalue weighted by Gasteiger charge is 2.43. The Kier molecular flexibility index (Phi) is 8.81. The Hall–Kier alpha value is -4.34. The lowest BCUT2D eigenvalue weighted by atomic mass is 9.73. The van der Waals surface area contributed by atoms with Gasteiger partial charge in [0.2, 0.25) is 0 Å². The molecule has 48 heavy (non-hydrogen) atoms. The summed E-state index contributed by atoms with van der Waals surface area (Å²) in [5.74, 6) is -2.18. The average Bonchev–Trinajstić information content (AvgIpc) is 3.71. The second kappa shape index (κ2) is 12.6. The van der Waals surface area contributed by atoms with E-state index in [9.17, 15) is 32.5 Å². The summed E-state index contributed by atoms with van der Waals surface area (Å²) in [7, 11) is 2.83. The molecule has 3 aliphatic rings. The van der Waals surface area contributed by atoms with E-state index in [2.05, 4.69) is 20.9 Å². The number of nitrogen functional groups attached to an aromatic ring is 1. The summed E-state index contributed by atoms with van der Waals surface area (Å²) in [6.07, 6.45) is -0.148. The van der Waals surface area contributed by atoms with Crippen LogP contribution in [0.2, 0.25) is 0 Å². The summed E-state index contributed by atoms with van der Waals surface area (Å²) in [5, 5.41) is 18.4. The van der Waals surface area contributed by atoms with Crippen LogP contribution < -0.4 is 15.4 Å². The molecule has 15 heteroatoms. The summed E-state index contributed by atoms with van der Waals surface area (Å²) in [4.78, 5) is 12.2. The van der Waals surface area contributed by atoms with E-state index in [1.807, 2.05) is 0 Å². The van der Waals surface area contributed by atoms with E-state index < -0.39 is 46.2 Å². The van der Waals surface area contributed by atoms with Crippen LogP contribution in [0.15, 0.2) is 18.2 Å². The van der Waals surface area contributed by atoms with Crippen molar-refractivity contribution < 1.29 is 31.1 Å². The van der Waals surface area contributed by atoms with Crippen molar-refractivity contribution >= 4 is 43.1 Å². The number of anilines is 2. The summed E-state index contributed by atoms with van der Waals surface area (Å²) in [6, 6.07) is 6.87. The number of ether oxygens (including phenoxy) is 1. The van der Waals surface area contributed by atoms with Crippen molar-refractivity contribution in [3.05, 3.63) is 41.0 Å². The lowest BCUT2D eigenvalue weighted by Gasteiger charge is -2.48. The molecular formula is C33H31F6N7OS. The number of thiophene rings is 1. The number of alkyl halides is 4. The minimum absolute atomic E-state index is 0.0236. The van der Waals surface area contributed by atoms with Gasteiger partial charge in [-0.05, 0) is 62.8 Å². The number of methoxy groups -OCH3 is 1. The number of benzene rings is 2. The number of aromatic nitrogens is 2. The molecule has 2 N–H and O–H groups in total. The van der Waals surface area contributed by atoms with Gasteiger partial charge in [0.25, 0.3) is 0 Å². The molecule has 7 rings (SSSR count). The van der Waals surface area contributed by atoms with Crippen molar-refractivity contribution in [2.75, 3.05) is 37.9 Å². The van der Waals surface area contributed by atoms with Crippen LogP contribution >= 0.6 is 11.3 Å². The normalized spacial score (nSPS) is 20.0. The van der Waals surface area contributed by atoms with Gasteiger partial charge in [0.05, 0.1) is 41.0 Å². The Morgan fingerprint density at radius 3 is 2.54 bits per heavy atom. The van der Waals surface area contributed by atoms with Crippen molar-refractivity contribution in [3.63, 3.8) is 0 Å². The van der Waals surface area contributed by atoms with Crippen LogP contribution in [0.1, 0.15) is 56.1 Å². The van der Waals surface area contributed by atoms with Crippen molar-refractivity contribution in [3.8, 4) is 29.3 Å². The first-order valence-corrected chi connectivity index (χ1v) is 16.2. The molecule has 2 unspecified atom stereocenters. The van der Waals surface area contributed by atoms with Gasteiger partial charge >= 0.3 is 12.2 Å². The third kappa shape index (κ3) is 5.62. The molecule has 0 spiro atoms. The topological polar surface area (TPSA) is 115 Å². The fourth-order valence-electron chi connectivity index (χ4n) is 7.15. The predicted molar refractivity (Wildman–Crippen MR) is 170 cm³/mol. The molecule has 3 fully saturated rings. The van der Waals surface area contributed by atoms with Crippen molar-refractivity contribution in [2.45, 2.75) is 68.9 Å². The van der Waals surface area contributed by atoms with E-state index in [0.29, 0.717) is 36.8 Å². The summed E-state index contributed by atoms with van der Waals surface area (Å²) >= 11 is 0.688. The van der Waals surface area contributed by atoms with Gasteiger partial charge < -0.3 is 15.4 Å². The Labute approximate surface area is 276 Å². The van der Waals surface area contributed by atoms with E-state index in [1.165, 1.54) is 20.0 Å². The molecule has 2 aromatic carbocycles. The lowest BCUT2D eigenvalue weighted by Crippen LogP contribution is -2.52. The van der Waals surface area contributed by atoms with Crippen LogP contribution in [0.3, 0.4) is 0 Å². The van der Waals surface area contributed by atoms with Crippen LogP contribution in [0, 0.1) is 34.3 Å². The summed E-state index contributed by atoms with van der Waals surface area (Å²) in [5.41, 5.74) is 1.84. The highest BCUT2D eigenvalue weighted by atomic mass is 32.1. The largest absolute Gasteiger partial charge is 0.467 e. The van der Waals surface area contributed by atoms with Gasteiger partial charge in [-0.2, -0.15) is 33.7 Å². The summed E-state index contributed by atoms with van der Waals surface area (Å²) < 4.78 is 92.3. The maximum Gasteiger partial charge on any atom is 0.417 e. The zero-order valence-electron chi connectivity index (χ0n) is 26.1. The fourth-order valence-corrected chi connectivity index (χ4v) is 8.10. The fraction of sp³-hybridized carbons (Fsp3) is 0.455. The molecule has 0 radical (unpaired) electrons. The van der Waals surface area contributed by atoms with E-state index in [4.69, 9.17) is 10.5 Å². The molecular weight excluding hydrogens is 656 g/mol. The highest BCUT2D eigenvalue weighted by Crippen LogP contribution is 2.49. The van der Waals surface area contributed by atoms with Crippen LogP contribution in [0.5, 0.6) is 6.01 Å². The highest BCUT2D eigenvalue weighted by molar-refractivity contribution is 7.23. The second-order valence-corrected chi connectivity index (χ2v) is 13.4. The molecule has 2 saturated heterocycles. The molecule has 0 bridgehead atoms. The number of fused-ring (bicyclic) bond motifs is 3. The van der Waals surface area contributed by atoms with Gasteiger partial charge in [-0.3, -0.25) is 4.90 Å². The number of nitrogens with zero attached hydrogens (tertiary/aromatic N) is 6. The van der Waals surface area contributed by atoms with Crippen LogP contribution in [-0.4, -0.2) is 59.9 Å². The monoisotopic (exact) mass is 687 g/mol. The molecule has 4 aromatic rings.